The first kappa shape index (κ1) is 18.0. The van der Waals surface area contributed by atoms with Crippen LogP contribution in [0, 0.1) is 11.3 Å². The largest absolute Gasteiger partial charge is 0.497 e. The van der Waals surface area contributed by atoms with Crippen molar-refractivity contribution in [2.24, 2.45) is 17.1 Å². The van der Waals surface area contributed by atoms with Gasteiger partial charge in [0, 0.05) is 30.0 Å². The number of hydrogen-bond acceptors (Lipinski definition) is 5. The van der Waals surface area contributed by atoms with Crippen molar-refractivity contribution < 1.29 is 19.0 Å². The number of fused-ring (bicyclic) bond motifs is 1. The second-order valence-electron chi connectivity index (χ2n) is 7.49. The van der Waals surface area contributed by atoms with Gasteiger partial charge in [-0.3, -0.25) is 4.79 Å². The molecule has 1 heterocycles. The SMILES string of the molecule is COc1ccc(OC)c(CNC(=O)C2(N)C3CCCOC3C2(C)C)c1. The lowest BCUT2D eigenvalue weighted by Crippen LogP contribution is -2.82. The normalized spacial score (nSPS) is 30.0. The van der Waals surface area contributed by atoms with E-state index in [4.69, 9.17) is 19.9 Å². The Kier molecular flexibility index (Phi) is 4.68. The molecule has 1 aliphatic carbocycles. The van der Waals surface area contributed by atoms with E-state index in [0.29, 0.717) is 12.3 Å². The van der Waals surface area contributed by atoms with E-state index < -0.39 is 5.54 Å². The molecule has 0 radical (unpaired) electrons. The number of methoxy groups -OCH3 is 2. The molecule has 1 amide bonds. The van der Waals surface area contributed by atoms with E-state index in [0.717, 1.165) is 30.8 Å². The third kappa shape index (κ3) is 2.68. The van der Waals surface area contributed by atoms with Gasteiger partial charge in [0.15, 0.2) is 0 Å². The first-order valence-corrected chi connectivity index (χ1v) is 8.76. The zero-order valence-electron chi connectivity index (χ0n) is 15.4. The first-order valence-electron chi connectivity index (χ1n) is 8.76. The lowest BCUT2D eigenvalue weighted by atomic mass is 9.46. The maximum atomic E-state index is 13.0. The molecule has 3 atom stereocenters. The molecule has 0 spiro atoms. The molecule has 3 unspecified atom stereocenters. The van der Waals surface area contributed by atoms with Gasteiger partial charge in [0.1, 0.15) is 17.0 Å². The summed E-state index contributed by atoms with van der Waals surface area (Å²) in [7, 11) is 3.22. The van der Waals surface area contributed by atoms with Gasteiger partial charge in [-0.2, -0.15) is 0 Å². The third-order valence-electron chi connectivity index (χ3n) is 5.99. The fraction of sp³-hybridized carbons (Fsp3) is 0.632. The molecule has 1 saturated carbocycles. The van der Waals surface area contributed by atoms with Crippen LogP contribution in [0.25, 0.3) is 0 Å². The van der Waals surface area contributed by atoms with Crippen LogP contribution in [0.3, 0.4) is 0 Å². The van der Waals surface area contributed by atoms with Crippen LogP contribution >= 0.6 is 0 Å². The molecule has 25 heavy (non-hydrogen) atoms. The molecule has 6 heteroatoms. The highest BCUT2D eigenvalue weighted by atomic mass is 16.5. The number of carbonyl (C=O) groups excluding carboxylic acids is 1. The molecule has 3 N–H and O–H groups in total. The zero-order valence-corrected chi connectivity index (χ0v) is 15.4. The highest BCUT2D eigenvalue weighted by molar-refractivity contribution is 5.89. The average Bonchev–Trinajstić information content (AvgIpc) is 2.64. The van der Waals surface area contributed by atoms with Crippen LogP contribution in [-0.4, -0.2) is 38.4 Å². The molecule has 1 saturated heterocycles. The van der Waals surface area contributed by atoms with Gasteiger partial charge in [-0.25, -0.2) is 0 Å². The minimum atomic E-state index is -0.913. The Morgan fingerprint density at radius 2 is 2.12 bits per heavy atom. The van der Waals surface area contributed by atoms with Crippen LogP contribution in [-0.2, 0) is 16.1 Å². The Morgan fingerprint density at radius 1 is 1.36 bits per heavy atom. The summed E-state index contributed by atoms with van der Waals surface area (Å²) in [4.78, 5) is 13.0. The lowest BCUT2D eigenvalue weighted by Gasteiger charge is -2.65. The Labute approximate surface area is 149 Å². The summed E-state index contributed by atoms with van der Waals surface area (Å²) in [6.07, 6.45) is 1.94. The van der Waals surface area contributed by atoms with Gasteiger partial charge in [0.2, 0.25) is 5.91 Å². The van der Waals surface area contributed by atoms with Gasteiger partial charge < -0.3 is 25.3 Å². The van der Waals surface area contributed by atoms with E-state index in [-0.39, 0.29) is 23.3 Å². The molecule has 6 nitrogen and oxygen atoms in total. The van der Waals surface area contributed by atoms with Gasteiger partial charge in [-0.15, -0.1) is 0 Å². The van der Waals surface area contributed by atoms with Crippen LogP contribution in [0.15, 0.2) is 18.2 Å². The Balaban J connectivity index is 1.74. The second kappa shape index (κ2) is 6.50. The summed E-state index contributed by atoms with van der Waals surface area (Å²) in [5, 5.41) is 3.00. The van der Waals surface area contributed by atoms with E-state index in [1.54, 1.807) is 14.2 Å². The second-order valence-corrected chi connectivity index (χ2v) is 7.49. The molecule has 138 valence electrons. The monoisotopic (exact) mass is 348 g/mol. The van der Waals surface area contributed by atoms with E-state index in [1.807, 2.05) is 32.0 Å². The summed E-state index contributed by atoms with van der Waals surface area (Å²) < 4.78 is 16.5. The zero-order chi connectivity index (χ0) is 18.2. The molecule has 2 aliphatic rings. The Morgan fingerprint density at radius 3 is 2.80 bits per heavy atom. The fourth-order valence-corrected chi connectivity index (χ4v) is 4.38. The number of benzene rings is 1. The van der Waals surface area contributed by atoms with Crippen LogP contribution in [0.5, 0.6) is 11.5 Å². The number of ether oxygens (including phenoxy) is 3. The van der Waals surface area contributed by atoms with Crippen LogP contribution in [0.4, 0.5) is 0 Å². The topological polar surface area (TPSA) is 82.8 Å². The van der Waals surface area contributed by atoms with Gasteiger partial charge in [0.25, 0.3) is 0 Å². The van der Waals surface area contributed by atoms with Crippen molar-refractivity contribution >= 4 is 5.91 Å². The minimum absolute atomic E-state index is 0.0587. The average molecular weight is 348 g/mol. The Bertz CT molecular complexity index is 661. The molecule has 2 fully saturated rings. The van der Waals surface area contributed by atoms with Gasteiger partial charge in [0.05, 0.1) is 20.3 Å². The van der Waals surface area contributed by atoms with Gasteiger partial charge in [-0.05, 0) is 31.0 Å². The molecule has 3 rings (SSSR count). The number of nitrogens with two attached hydrogens (primary N) is 1. The summed E-state index contributed by atoms with van der Waals surface area (Å²) in [5.41, 5.74) is 6.17. The quantitative estimate of drug-likeness (QED) is 0.849. The van der Waals surface area contributed by atoms with E-state index in [1.165, 1.54) is 0 Å². The van der Waals surface area contributed by atoms with Crippen molar-refractivity contribution in [3.8, 4) is 11.5 Å². The van der Waals surface area contributed by atoms with Crippen molar-refractivity contribution in [1.82, 2.24) is 5.32 Å². The molecule has 1 aromatic rings. The molecule has 0 aromatic heterocycles. The lowest BCUT2D eigenvalue weighted by molar-refractivity contribution is -0.225. The van der Waals surface area contributed by atoms with E-state index in [2.05, 4.69) is 5.32 Å². The standard InChI is InChI=1S/C19H28N2O4/c1-18(2)16-14(6-5-9-25-16)19(18,20)17(22)21-11-12-10-13(23-3)7-8-15(12)24-4/h7-8,10,14,16H,5-6,9,11,20H2,1-4H3,(H,21,22). The van der Waals surface area contributed by atoms with Gasteiger partial charge in [-0.1, -0.05) is 13.8 Å². The first-order chi connectivity index (χ1) is 11.9. The Hall–Kier alpha value is -1.79. The number of amides is 1. The van der Waals surface area contributed by atoms with Crippen LogP contribution < -0.4 is 20.5 Å². The number of nitrogens with one attached hydrogen (secondary N) is 1. The predicted molar refractivity (Wildman–Crippen MR) is 94.6 cm³/mol. The minimum Gasteiger partial charge on any atom is -0.497 e. The number of carbonyl (C=O) groups is 1. The van der Waals surface area contributed by atoms with Crippen molar-refractivity contribution in [3.63, 3.8) is 0 Å². The van der Waals surface area contributed by atoms with Crippen LogP contribution in [0.2, 0.25) is 0 Å². The van der Waals surface area contributed by atoms with E-state index >= 15 is 0 Å². The fourth-order valence-electron chi connectivity index (χ4n) is 4.38. The smallest absolute Gasteiger partial charge is 0.241 e. The van der Waals surface area contributed by atoms with Crippen molar-refractivity contribution in [2.45, 2.75) is 44.9 Å². The molecule has 1 aromatic carbocycles. The van der Waals surface area contributed by atoms with Crippen molar-refractivity contribution in [1.29, 1.82) is 0 Å². The summed E-state index contributed by atoms with van der Waals surface area (Å²) in [5.74, 6) is 1.37. The molecule has 1 aliphatic heterocycles. The predicted octanol–water partition coefficient (Wildman–Crippen LogP) is 1.85. The molecular formula is C19H28N2O4. The number of rotatable bonds is 5. The summed E-state index contributed by atoms with van der Waals surface area (Å²) >= 11 is 0. The highest BCUT2D eigenvalue weighted by Gasteiger charge is 2.70. The summed E-state index contributed by atoms with van der Waals surface area (Å²) in [6.45, 7) is 5.13. The van der Waals surface area contributed by atoms with Gasteiger partial charge >= 0.3 is 0 Å². The highest BCUT2D eigenvalue weighted by Crippen LogP contribution is 2.57. The third-order valence-corrected chi connectivity index (χ3v) is 5.99. The van der Waals surface area contributed by atoms with E-state index in [9.17, 15) is 4.79 Å². The maximum Gasteiger partial charge on any atom is 0.241 e. The van der Waals surface area contributed by atoms with Crippen LogP contribution in [0.1, 0.15) is 32.3 Å². The summed E-state index contributed by atoms with van der Waals surface area (Å²) in [6, 6.07) is 5.52. The molecule has 0 bridgehead atoms. The van der Waals surface area contributed by atoms with Crippen molar-refractivity contribution in [3.05, 3.63) is 23.8 Å². The number of hydrogen-bond donors (Lipinski definition) is 2. The maximum absolute atomic E-state index is 13.0. The molecular weight excluding hydrogens is 320 g/mol. The van der Waals surface area contributed by atoms with Crippen molar-refractivity contribution in [2.75, 3.05) is 20.8 Å².